The van der Waals surface area contributed by atoms with Gasteiger partial charge >= 0.3 is 0 Å². The number of carbonyl (C=O) groups is 1. The molecule has 6 nitrogen and oxygen atoms in total. The molecular formula is C32H36N4O2. The van der Waals surface area contributed by atoms with Crippen LogP contribution in [0.4, 0.5) is 28.4 Å². The highest BCUT2D eigenvalue weighted by Crippen LogP contribution is 2.37. The van der Waals surface area contributed by atoms with Crippen molar-refractivity contribution < 1.29 is 9.53 Å². The predicted octanol–water partition coefficient (Wildman–Crippen LogP) is 6.54. The van der Waals surface area contributed by atoms with Gasteiger partial charge in [-0.15, -0.1) is 0 Å². The Bertz CT molecular complexity index is 1290. The van der Waals surface area contributed by atoms with Crippen molar-refractivity contribution in [3.8, 4) is 0 Å². The lowest BCUT2D eigenvalue weighted by molar-refractivity contribution is 0.102. The number of benzene rings is 3. The summed E-state index contributed by atoms with van der Waals surface area (Å²) in [5.74, 6) is 0.748. The van der Waals surface area contributed by atoms with E-state index in [1.165, 1.54) is 24.2 Å². The van der Waals surface area contributed by atoms with Gasteiger partial charge in [0.15, 0.2) is 0 Å². The molecule has 3 aliphatic rings. The summed E-state index contributed by atoms with van der Waals surface area (Å²) in [7, 11) is 0. The molecule has 1 atom stereocenters. The SMILES string of the molecule is CC1CC=Cc2cc(NC(=O)c3ccc(N4CCOCC4)cc3)ccc2N1c1ccc(NCC2CC2)cc1. The zero-order valence-electron chi connectivity index (χ0n) is 22.0. The second-order valence-corrected chi connectivity index (χ2v) is 10.6. The van der Waals surface area contributed by atoms with Gasteiger partial charge in [0.2, 0.25) is 0 Å². The maximum absolute atomic E-state index is 13.0. The summed E-state index contributed by atoms with van der Waals surface area (Å²) >= 11 is 0. The van der Waals surface area contributed by atoms with Crippen LogP contribution in [0.5, 0.6) is 0 Å². The van der Waals surface area contributed by atoms with E-state index < -0.39 is 0 Å². The van der Waals surface area contributed by atoms with Crippen LogP contribution in [0.1, 0.15) is 42.1 Å². The molecule has 6 heteroatoms. The molecule has 0 radical (unpaired) electrons. The molecule has 1 amide bonds. The zero-order chi connectivity index (χ0) is 25.9. The fraction of sp³-hybridized carbons (Fsp3) is 0.344. The molecule has 2 aliphatic heterocycles. The van der Waals surface area contributed by atoms with Gasteiger partial charge in [0.05, 0.1) is 13.2 Å². The Morgan fingerprint density at radius 3 is 2.37 bits per heavy atom. The minimum atomic E-state index is -0.101. The molecule has 3 aromatic carbocycles. The van der Waals surface area contributed by atoms with Gasteiger partial charge in [-0.2, -0.15) is 0 Å². The Labute approximate surface area is 225 Å². The molecule has 6 rings (SSSR count). The van der Waals surface area contributed by atoms with Crippen LogP contribution in [0.3, 0.4) is 0 Å². The Balaban J connectivity index is 1.17. The van der Waals surface area contributed by atoms with Gasteiger partial charge in [-0.05, 0) is 104 Å². The van der Waals surface area contributed by atoms with E-state index in [2.05, 4.69) is 75.9 Å². The highest BCUT2D eigenvalue weighted by Gasteiger charge is 2.22. The third-order valence-corrected chi connectivity index (χ3v) is 7.70. The van der Waals surface area contributed by atoms with Gasteiger partial charge in [0.1, 0.15) is 0 Å². The fourth-order valence-electron chi connectivity index (χ4n) is 5.29. The summed E-state index contributed by atoms with van der Waals surface area (Å²) in [5.41, 5.74) is 7.18. The van der Waals surface area contributed by atoms with Crippen molar-refractivity contribution in [2.75, 3.05) is 53.3 Å². The number of anilines is 5. The van der Waals surface area contributed by atoms with E-state index in [1.54, 1.807) is 0 Å². The van der Waals surface area contributed by atoms with Crippen molar-refractivity contribution in [3.63, 3.8) is 0 Å². The van der Waals surface area contributed by atoms with Crippen LogP contribution in [0.15, 0.2) is 72.8 Å². The molecule has 3 aromatic rings. The van der Waals surface area contributed by atoms with E-state index in [4.69, 9.17) is 4.74 Å². The van der Waals surface area contributed by atoms with Gasteiger partial charge in [-0.1, -0.05) is 12.2 Å². The second-order valence-electron chi connectivity index (χ2n) is 10.6. The molecule has 196 valence electrons. The van der Waals surface area contributed by atoms with Gasteiger partial charge in [0, 0.05) is 59.7 Å². The van der Waals surface area contributed by atoms with Crippen LogP contribution < -0.4 is 20.4 Å². The third-order valence-electron chi connectivity index (χ3n) is 7.70. The van der Waals surface area contributed by atoms with Gasteiger partial charge in [-0.25, -0.2) is 0 Å². The van der Waals surface area contributed by atoms with Crippen molar-refractivity contribution >= 4 is 40.4 Å². The average molecular weight is 509 g/mol. The maximum atomic E-state index is 13.0. The molecule has 0 aromatic heterocycles. The Morgan fingerprint density at radius 2 is 1.63 bits per heavy atom. The average Bonchev–Trinajstić information content (AvgIpc) is 3.80. The largest absolute Gasteiger partial charge is 0.385 e. The molecule has 2 fully saturated rings. The number of hydrogen-bond donors (Lipinski definition) is 2. The topological polar surface area (TPSA) is 56.8 Å². The molecule has 1 aliphatic carbocycles. The standard InChI is InChI=1S/C32H36N4O2/c1-23-3-2-4-26-21-28(34-32(37)25-7-12-29(13-8-25)35-17-19-38-20-18-35)11-16-31(26)36(23)30-14-9-27(10-15-30)33-22-24-5-6-24/h2,4,7-16,21,23-24,33H,3,5-6,17-20,22H2,1H3,(H,34,37). The third kappa shape index (κ3) is 5.55. The van der Waals surface area contributed by atoms with E-state index in [0.717, 1.165) is 67.8 Å². The molecular weight excluding hydrogens is 472 g/mol. The summed E-state index contributed by atoms with van der Waals surface area (Å²) in [6.07, 6.45) is 8.05. The number of carbonyl (C=O) groups excluding carboxylic acids is 1. The molecule has 0 spiro atoms. The lowest BCUT2D eigenvalue weighted by atomic mass is 10.1. The van der Waals surface area contributed by atoms with Gasteiger partial charge < -0.3 is 25.2 Å². The minimum absolute atomic E-state index is 0.101. The molecule has 1 unspecified atom stereocenters. The first kappa shape index (κ1) is 24.6. The van der Waals surface area contributed by atoms with E-state index in [9.17, 15) is 4.79 Å². The first-order valence-corrected chi connectivity index (χ1v) is 13.8. The first-order chi connectivity index (χ1) is 18.6. The van der Waals surface area contributed by atoms with Crippen LogP contribution in [0.25, 0.3) is 6.08 Å². The van der Waals surface area contributed by atoms with Crippen LogP contribution >= 0.6 is 0 Å². The summed E-state index contributed by atoms with van der Waals surface area (Å²) < 4.78 is 5.44. The number of amides is 1. The Kier molecular flexibility index (Phi) is 7.06. The van der Waals surface area contributed by atoms with Crippen molar-refractivity contribution in [2.45, 2.75) is 32.2 Å². The van der Waals surface area contributed by atoms with E-state index >= 15 is 0 Å². The van der Waals surface area contributed by atoms with E-state index in [-0.39, 0.29) is 5.91 Å². The van der Waals surface area contributed by atoms with Crippen molar-refractivity contribution in [3.05, 3.63) is 83.9 Å². The highest BCUT2D eigenvalue weighted by atomic mass is 16.5. The van der Waals surface area contributed by atoms with Crippen LogP contribution in [-0.4, -0.2) is 44.8 Å². The highest BCUT2D eigenvalue weighted by molar-refractivity contribution is 6.04. The summed E-state index contributed by atoms with van der Waals surface area (Å²) in [4.78, 5) is 17.7. The van der Waals surface area contributed by atoms with E-state index in [0.29, 0.717) is 11.6 Å². The zero-order valence-corrected chi connectivity index (χ0v) is 22.0. The van der Waals surface area contributed by atoms with Gasteiger partial charge in [-0.3, -0.25) is 4.79 Å². The fourth-order valence-corrected chi connectivity index (χ4v) is 5.29. The molecule has 1 saturated heterocycles. The van der Waals surface area contributed by atoms with E-state index in [1.807, 2.05) is 30.3 Å². The minimum Gasteiger partial charge on any atom is -0.385 e. The lowest BCUT2D eigenvalue weighted by Crippen LogP contribution is -2.36. The first-order valence-electron chi connectivity index (χ1n) is 13.8. The number of nitrogens with one attached hydrogen (secondary N) is 2. The monoisotopic (exact) mass is 508 g/mol. The number of rotatable bonds is 7. The van der Waals surface area contributed by atoms with Crippen LogP contribution in [0.2, 0.25) is 0 Å². The summed E-state index contributed by atoms with van der Waals surface area (Å²) in [6, 6.07) is 23.1. The Hall–Kier alpha value is -3.77. The quantitative estimate of drug-likeness (QED) is 0.379. The molecule has 1 saturated carbocycles. The normalized spacial score (nSPS) is 19.0. The summed E-state index contributed by atoms with van der Waals surface area (Å²) in [5, 5.41) is 6.66. The number of nitrogens with zero attached hydrogens (tertiary/aromatic N) is 2. The second kappa shape index (κ2) is 10.9. The number of hydrogen-bond acceptors (Lipinski definition) is 5. The maximum Gasteiger partial charge on any atom is 0.255 e. The number of ether oxygens (including phenoxy) is 1. The van der Waals surface area contributed by atoms with Crippen molar-refractivity contribution in [1.29, 1.82) is 0 Å². The van der Waals surface area contributed by atoms with Crippen LogP contribution in [0, 0.1) is 5.92 Å². The van der Waals surface area contributed by atoms with Crippen molar-refractivity contribution in [1.82, 2.24) is 0 Å². The molecule has 2 heterocycles. The molecule has 0 bridgehead atoms. The summed E-state index contributed by atoms with van der Waals surface area (Å²) in [6.45, 7) is 6.58. The smallest absolute Gasteiger partial charge is 0.255 e. The Morgan fingerprint density at radius 1 is 0.921 bits per heavy atom. The van der Waals surface area contributed by atoms with Gasteiger partial charge in [0.25, 0.3) is 5.91 Å². The molecule has 38 heavy (non-hydrogen) atoms. The lowest BCUT2D eigenvalue weighted by Gasteiger charge is -2.31. The van der Waals surface area contributed by atoms with Crippen LogP contribution in [-0.2, 0) is 4.74 Å². The number of morpholine rings is 1. The number of fused-ring (bicyclic) bond motifs is 1. The molecule has 2 N–H and O–H groups in total. The predicted molar refractivity (Wildman–Crippen MR) is 157 cm³/mol. The van der Waals surface area contributed by atoms with Crippen molar-refractivity contribution in [2.24, 2.45) is 5.92 Å².